The van der Waals surface area contributed by atoms with E-state index in [1.165, 1.54) is 11.1 Å². The Balaban J connectivity index is 0.00000337. The van der Waals surface area contributed by atoms with Gasteiger partial charge >= 0.3 is 264 Å². The van der Waals surface area contributed by atoms with Crippen molar-refractivity contribution in [1.29, 1.82) is 0 Å². The second-order valence-corrected chi connectivity index (χ2v) is 48.8. The molecule has 0 bridgehead atoms. The molecule has 2 aliphatic rings. The first kappa shape index (κ1) is 39.8. The van der Waals surface area contributed by atoms with E-state index in [-0.39, 0.29) is 35.6 Å². The molecule has 0 N–H and O–H groups in total. The van der Waals surface area contributed by atoms with Crippen molar-refractivity contribution >= 4 is 43.8 Å². The summed E-state index contributed by atoms with van der Waals surface area (Å²) in [5.41, 5.74) is 16.2. The van der Waals surface area contributed by atoms with E-state index < -0.39 is 17.4 Å². The number of halogens is 2. The largest absolute Gasteiger partial charge is 0.147 e. The van der Waals surface area contributed by atoms with Gasteiger partial charge in [0.2, 0.25) is 0 Å². The van der Waals surface area contributed by atoms with Gasteiger partial charge < -0.3 is 0 Å². The van der Waals surface area contributed by atoms with E-state index in [2.05, 4.69) is 149 Å². The zero-order valence-corrected chi connectivity index (χ0v) is 36.5. The average Bonchev–Trinajstić information content (AvgIpc) is 3.42. The Labute approximate surface area is 287 Å². The molecular weight excluding hydrogens is 671 g/mol. The molecule has 0 aromatic heterocycles. The summed E-state index contributed by atoms with van der Waals surface area (Å²) in [6.45, 7) is 36.4. The SMILES string of the molecule is CC(C)c1cc(C(C)C)c2c(c1)[CH]([Zr]([CH3])([CH3])(=[SiH2])[CH]1C(C(C)(C)C)=Cc3c(C(C)C)cc(C(C)C)cc31)C(C(C)(C)C)=C2.Cl.Cl. The third kappa shape index (κ3) is 6.91. The molecular formula is C40H64Cl2SiZr. The van der Waals surface area contributed by atoms with Crippen LogP contribution >= 0.6 is 24.8 Å². The summed E-state index contributed by atoms with van der Waals surface area (Å²) in [5, 5.41) is 0. The monoisotopic (exact) mass is 732 g/mol. The number of fused-ring (bicyclic) bond motifs is 2. The van der Waals surface area contributed by atoms with Crippen LogP contribution in [0.25, 0.3) is 12.2 Å². The number of allylic oxidation sites excluding steroid dienone is 2. The van der Waals surface area contributed by atoms with Crippen LogP contribution in [0.3, 0.4) is 0 Å². The van der Waals surface area contributed by atoms with Crippen LogP contribution in [-0.2, 0) is 17.4 Å². The van der Waals surface area contributed by atoms with Gasteiger partial charge in [0.25, 0.3) is 0 Å². The number of hydrogen-bond acceptors (Lipinski definition) is 0. The Morgan fingerprint density at radius 1 is 0.545 bits per heavy atom. The van der Waals surface area contributed by atoms with E-state index in [0.717, 1.165) is 0 Å². The molecule has 0 heterocycles. The maximum Gasteiger partial charge on any atom is -0.147 e. The van der Waals surface area contributed by atoms with Crippen LogP contribution in [0.1, 0.15) is 172 Å². The maximum absolute atomic E-state index is 3.79. The zero-order valence-electron chi connectivity index (χ0n) is 31.0. The standard InChI is InChI=1S/2C19H27.2CH3.2ClH.H2Si.Zr/c2*1-12(2)14-8-15-9-16(19(5,6)7)11-18(15)17(10-14)13(3)4;;;;;;/h2*8-13H,1-7H3;2*1H3;2*1H;1H2;. The van der Waals surface area contributed by atoms with Crippen LogP contribution in [0.15, 0.2) is 35.4 Å². The normalized spacial score (nSPS) is 18.8. The number of benzene rings is 2. The molecule has 0 radical (unpaired) electrons. The van der Waals surface area contributed by atoms with Crippen molar-refractivity contribution in [2.24, 2.45) is 10.8 Å². The molecule has 0 saturated heterocycles. The van der Waals surface area contributed by atoms with Gasteiger partial charge in [0, 0.05) is 0 Å². The fourth-order valence-electron chi connectivity index (χ4n) is 8.20. The molecule has 44 heavy (non-hydrogen) atoms. The molecule has 4 heteroatoms. The molecule has 2 aliphatic carbocycles. The Morgan fingerprint density at radius 2 is 0.841 bits per heavy atom. The van der Waals surface area contributed by atoms with E-state index in [4.69, 9.17) is 0 Å². The van der Waals surface area contributed by atoms with Crippen molar-refractivity contribution in [3.05, 3.63) is 79.9 Å². The van der Waals surface area contributed by atoms with Gasteiger partial charge in [0.15, 0.2) is 0 Å². The molecule has 4 rings (SSSR count). The minimum Gasteiger partial charge on any atom is -0.147 e. The molecule has 2 aromatic rings. The van der Waals surface area contributed by atoms with Crippen LogP contribution in [0, 0.1) is 10.8 Å². The molecule has 0 saturated carbocycles. The predicted octanol–water partition coefficient (Wildman–Crippen LogP) is 13.0. The van der Waals surface area contributed by atoms with Crippen LogP contribution in [-0.4, -0.2) is 6.88 Å². The summed E-state index contributed by atoms with van der Waals surface area (Å²) in [4.78, 5) is 0. The van der Waals surface area contributed by atoms with Crippen molar-refractivity contribution < 1.29 is 17.4 Å². The Hall–Kier alpha value is -0.400. The van der Waals surface area contributed by atoms with Crippen LogP contribution < -0.4 is 0 Å². The van der Waals surface area contributed by atoms with Gasteiger partial charge in [-0.3, -0.25) is 0 Å². The Kier molecular flexibility index (Phi) is 11.7. The van der Waals surface area contributed by atoms with Crippen LogP contribution in [0.2, 0.25) is 9.26 Å². The van der Waals surface area contributed by atoms with Gasteiger partial charge in [-0.1, -0.05) is 0 Å². The van der Waals surface area contributed by atoms with E-state index >= 15 is 0 Å². The van der Waals surface area contributed by atoms with Gasteiger partial charge in [0.1, 0.15) is 0 Å². The number of hydrogen-bond donors (Lipinski definition) is 0. The minimum atomic E-state index is -3.79. The maximum atomic E-state index is 2.84. The zero-order chi connectivity index (χ0) is 31.9. The molecule has 2 aromatic carbocycles. The third-order valence-corrected chi connectivity index (χ3v) is 27.8. The van der Waals surface area contributed by atoms with Gasteiger partial charge in [-0.15, -0.1) is 24.8 Å². The third-order valence-electron chi connectivity index (χ3n) is 10.6. The minimum absolute atomic E-state index is 0. The summed E-state index contributed by atoms with van der Waals surface area (Å²) in [6.07, 6.45) is 5.35. The van der Waals surface area contributed by atoms with E-state index in [1.54, 1.807) is 44.5 Å². The summed E-state index contributed by atoms with van der Waals surface area (Å²) in [5.74, 6) is 2.09. The van der Waals surface area contributed by atoms with Crippen molar-refractivity contribution in [3.63, 3.8) is 0 Å². The van der Waals surface area contributed by atoms with Gasteiger partial charge in [-0.05, 0) is 0 Å². The average molecular weight is 735 g/mol. The first-order valence-corrected chi connectivity index (χ1v) is 30.5. The first-order chi connectivity index (χ1) is 19.0. The quantitative estimate of drug-likeness (QED) is 0.259. The Bertz CT molecular complexity index is 1420. The summed E-state index contributed by atoms with van der Waals surface area (Å²) < 4.78 is 6.74. The molecule has 2 unspecified atom stereocenters. The molecule has 0 nitrogen and oxygen atoms in total. The van der Waals surface area contributed by atoms with Crippen molar-refractivity contribution in [2.75, 3.05) is 0 Å². The van der Waals surface area contributed by atoms with E-state index in [9.17, 15) is 0 Å². The fraction of sp³-hybridized carbons (Fsp3) is 0.600. The van der Waals surface area contributed by atoms with Crippen LogP contribution in [0.4, 0.5) is 0 Å². The van der Waals surface area contributed by atoms with Gasteiger partial charge in [0.05, 0.1) is 0 Å². The summed E-state index contributed by atoms with van der Waals surface area (Å²) >= 11 is -3.79. The Morgan fingerprint density at radius 3 is 1.07 bits per heavy atom. The van der Waals surface area contributed by atoms with E-state index in [0.29, 0.717) is 30.9 Å². The van der Waals surface area contributed by atoms with Gasteiger partial charge in [-0.2, -0.15) is 0 Å². The summed E-state index contributed by atoms with van der Waals surface area (Å²) in [6, 6.07) is 10.4. The van der Waals surface area contributed by atoms with Crippen molar-refractivity contribution in [1.82, 2.24) is 0 Å². The van der Waals surface area contributed by atoms with E-state index in [1.807, 2.05) is 0 Å². The second kappa shape index (κ2) is 12.9. The van der Waals surface area contributed by atoms with Gasteiger partial charge in [-0.25, -0.2) is 0 Å². The second-order valence-electron chi connectivity index (χ2n) is 18.3. The molecule has 246 valence electrons. The molecule has 0 spiro atoms. The summed E-state index contributed by atoms with van der Waals surface area (Å²) in [7, 11) is 0. The number of rotatable bonds is 6. The fourth-order valence-corrected chi connectivity index (χ4v) is 28.0. The molecule has 0 amide bonds. The first-order valence-electron chi connectivity index (χ1n) is 16.8. The smallest absolute Gasteiger partial charge is 0.147 e. The van der Waals surface area contributed by atoms with Crippen molar-refractivity contribution in [3.8, 4) is 0 Å². The molecule has 2 atom stereocenters. The van der Waals surface area contributed by atoms with Crippen molar-refractivity contribution in [2.45, 2.75) is 137 Å². The topological polar surface area (TPSA) is 0 Å². The molecule has 0 fully saturated rings. The van der Waals surface area contributed by atoms with Crippen LogP contribution in [0.5, 0.6) is 0 Å². The predicted molar refractivity (Wildman–Crippen MR) is 204 cm³/mol. The molecule has 0 aliphatic heterocycles.